The summed E-state index contributed by atoms with van der Waals surface area (Å²) in [4.78, 5) is 16.4. The molecule has 0 atom stereocenters. The van der Waals surface area contributed by atoms with Crippen molar-refractivity contribution in [2.75, 3.05) is 11.9 Å². The van der Waals surface area contributed by atoms with Gasteiger partial charge < -0.3 is 5.32 Å². The van der Waals surface area contributed by atoms with E-state index in [2.05, 4.69) is 15.4 Å². The standard InChI is InChI=1S/C13H17ClN4OS/c1-8(2)18-13(19)12(14)11(6-16-18)15-5-4-10-7-20-9(3)17-10/h6-8,15H,4-5H2,1-3H3. The Bertz CT molecular complexity index is 650. The molecule has 0 radical (unpaired) electrons. The summed E-state index contributed by atoms with van der Waals surface area (Å²) in [6.07, 6.45) is 2.38. The number of halogens is 1. The molecule has 1 N–H and O–H groups in total. The summed E-state index contributed by atoms with van der Waals surface area (Å²) in [6.45, 7) is 6.43. The zero-order valence-electron chi connectivity index (χ0n) is 11.7. The van der Waals surface area contributed by atoms with Crippen molar-refractivity contribution >= 4 is 28.6 Å². The molecule has 0 unspecified atom stereocenters. The van der Waals surface area contributed by atoms with Crippen LogP contribution in [0.1, 0.15) is 30.6 Å². The van der Waals surface area contributed by atoms with Gasteiger partial charge in [-0.05, 0) is 20.8 Å². The minimum Gasteiger partial charge on any atom is -0.382 e. The van der Waals surface area contributed by atoms with Crippen LogP contribution in [0.3, 0.4) is 0 Å². The van der Waals surface area contributed by atoms with Crippen LogP contribution in [0.25, 0.3) is 0 Å². The van der Waals surface area contributed by atoms with Crippen LogP contribution in [0.2, 0.25) is 5.02 Å². The molecule has 0 aliphatic heterocycles. The van der Waals surface area contributed by atoms with Gasteiger partial charge in [0.2, 0.25) is 0 Å². The molecular weight excluding hydrogens is 296 g/mol. The van der Waals surface area contributed by atoms with Crippen molar-refractivity contribution in [3.05, 3.63) is 37.7 Å². The van der Waals surface area contributed by atoms with E-state index in [0.29, 0.717) is 12.2 Å². The molecule has 0 fully saturated rings. The molecule has 2 aromatic rings. The minimum atomic E-state index is -0.267. The predicted octanol–water partition coefficient (Wildman–Crippen LogP) is 2.90. The lowest BCUT2D eigenvalue weighted by molar-refractivity contribution is 0.503. The van der Waals surface area contributed by atoms with Gasteiger partial charge >= 0.3 is 0 Å². The van der Waals surface area contributed by atoms with E-state index in [1.54, 1.807) is 17.5 Å². The van der Waals surface area contributed by atoms with Crippen molar-refractivity contribution in [3.8, 4) is 0 Å². The fourth-order valence-corrected chi connectivity index (χ4v) is 2.63. The molecule has 7 heteroatoms. The summed E-state index contributed by atoms with van der Waals surface area (Å²) in [6, 6.07) is -0.00738. The second-order valence-corrected chi connectivity index (χ2v) is 6.19. The molecule has 0 spiro atoms. The highest BCUT2D eigenvalue weighted by Gasteiger charge is 2.10. The monoisotopic (exact) mass is 312 g/mol. The van der Waals surface area contributed by atoms with E-state index in [1.165, 1.54) is 4.68 Å². The van der Waals surface area contributed by atoms with Gasteiger partial charge in [-0.1, -0.05) is 11.6 Å². The SMILES string of the molecule is Cc1nc(CCNc2cnn(C(C)C)c(=O)c2Cl)cs1. The molecule has 0 aliphatic carbocycles. The lowest BCUT2D eigenvalue weighted by atomic mass is 10.3. The van der Waals surface area contributed by atoms with Crippen molar-refractivity contribution in [1.82, 2.24) is 14.8 Å². The third-order valence-corrected chi connectivity index (χ3v) is 3.98. The maximum atomic E-state index is 12.0. The number of hydrogen-bond acceptors (Lipinski definition) is 5. The highest BCUT2D eigenvalue weighted by atomic mass is 35.5. The molecule has 0 aliphatic rings. The summed E-state index contributed by atoms with van der Waals surface area (Å²) in [5, 5.41) is 10.5. The number of anilines is 1. The van der Waals surface area contributed by atoms with E-state index in [4.69, 9.17) is 11.6 Å². The molecule has 2 rings (SSSR count). The highest BCUT2D eigenvalue weighted by Crippen LogP contribution is 2.16. The van der Waals surface area contributed by atoms with Crippen LogP contribution in [-0.2, 0) is 6.42 Å². The van der Waals surface area contributed by atoms with Crippen LogP contribution in [0.4, 0.5) is 5.69 Å². The van der Waals surface area contributed by atoms with Crippen LogP contribution < -0.4 is 10.9 Å². The van der Waals surface area contributed by atoms with Gasteiger partial charge in [-0.25, -0.2) is 9.67 Å². The number of thiazole rings is 1. The molecule has 2 heterocycles. The second kappa shape index (κ2) is 6.37. The van der Waals surface area contributed by atoms with Crippen molar-refractivity contribution in [3.63, 3.8) is 0 Å². The Labute approximate surface area is 126 Å². The molecule has 0 bridgehead atoms. The number of rotatable bonds is 5. The molecule has 20 heavy (non-hydrogen) atoms. The normalized spacial score (nSPS) is 11.1. The van der Waals surface area contributed by atoms with Gasteiger partial charge in [0.15, 0.2) is 0 Å². The smallest absolute Gasteiger partial charge is 0.287 e. The Morgan fingerprint density at radius 3 is 2.85 bits per heavy atom. The van der Waals surface area contributed by atoms with Gasteiger partial charge in [0.25, 0.3) is 5.56 Å². The quantitative estimate of drug-likeness (QED) is 0.922. The summed E-state index contributed by atoms with van der Waals surface area (Å²) >= 11 is 7.71. The molecule has 5 nitrogen and oxygen atoms in total. The topological polar surface area (TPSA) is 59.8 Å². The van der Waals surface area contributed by atoms with Crippen molar-refractivity contribution in [2.24, 2.45) is 0 Å². The van der Waals surface area contributed by atoms with E-state index in [1.807, 2.05) is 26.2 Å². The Kier molecular flexibility index (Phi) is 4.77. The van der Waals surface area contributed by atoms with Crippen molar-refractivity contribution in [1.29, 1.82) is 0 Å². The van der Waals surface area contributed by atoms with E-state index < -0.39 is 0 Å². The Balaban J connectivity index is 2.03. The van der Waals surface area contributed by atoms with Crippen LogP contribution in [0, 0.1) is 6.92 Å². The zero-order chi connectivity index (χ0) is 14.7. The summed E-state index contributed by atoms with van der Waals surface area (Å²) in [5.41, 5.74) is 1.34. The lowest BCUT2D eigenvalue weighted by Gasteiger charge is -2.11. The highest BCUT2D eigenvalue weighted by molar-refractivity contribution is 7.09. The Morgan fingerprint density at radius 2 is 2.25 bits per heavy atom. The molecule has 108 valence electrons. The van der Waals surface area contributed by atoms with Crippen molar-refractivity contribution < 1.29 is 0 Å². The van der Waals surface area contributed by atoms with Gasteiger partial charge in [-0.2, -0.15) is 5.10 Å². The van der Waals surface area contributed by atoms with Crippen LogP contribution in [-0.4, -0.2) is 21.3 Å². The van der Waals surface area contributed by atoms with Crippen LogP contribution >= 0.6 is 22.9 Å². The number of nitrogens with one attached hydrogen (secondary N) is 1. The number of aromatic nitrogens is 3. The first-order valence-electron chi connectivity index (χ1n) is 6.41. The van der Waals surface area contributed by atoms with Gasteiger partial charge in [0.1, 0.15) is 5.02 Å². The summed E-state index contributed by atoms with van der Waals surface area (Å²) in [5.74, 6) is 0. The number of hydrogen-bond donors (Lipinski definition) is 1. The first-order chi connectivity index (χ1) is 9.49. The summed E-state index contributed by atoms with van der Waals surface area (Å²) in [7, 11) is 0. The average Bonchev–Trinajstić information content (AvgIpc) is 2.80. The van der Waals surface area contributed by atoms with Crippen molar-refractivity contribution in [2.45, 2.75) is 33.2 Å². The first-order valence-corrected chi connectivity index (χ1v) is 7.67. The number of aryl methyl sites for hydroxylation is 1. The fourth-order valence-electron chi connectivity index (χ4n) is 1.78. The molecule has 0 saturated heterocycles. The third kappa shape index (κ3) is 3.37. The lowest BCUT2D eigenvalue weighted by Crippen LogP contribution is -2.26. The van der Waals surface area contributed by atoms with Gasteiger partial charge in [0, 0.05) is 18.3 Å². The molecule has 0 saturated carbocycles. The number of nitrogens with zero attached hydrogens (tertiary/aromatic N) is 3. The maximum Gasteiger partial charge on any atom is 0.287 e. The zero-order valence-corrected chi connectivity index (χ0v) is 13.3. The van der Waals surface area contributed by atoms with Crippen LogP contribution in [0.5, 0.6) is 0 Å². The van der Waals surface area contributed by atoms with E-state index in [-0.39, 0.29) is 16.6 Å². The van der Waals surface area contributed by atoms with E-state index >= 15 is 0 Å². The Hall–Kier alpha value is -1.40. The van der Waals surface area contributed by atoms with Gasteiger partial charge in [-0.3, -0.25) is 4.79 Å². The molecular formula is C13H17ClN4OS. The first kappa shape index (κ1) is 15.0. The van der Waals surface area contributed by atoms with E-state index in [9.17, 15) is 4.79 Å². The van der Waals surface area contributed by atoms with Gasteiger partial charge in [0.05, 0.1) is 28.6 Å². The molecule has 2 aromatic heterocycles. The molecule has 0 aromatic carbocycles. The van der Waals surface area contributed by atoms with Crippen LogP contribution in [0.15, 0.2) is 16.4 Å². The fraction of sp³-hybridized carbons (Fsp3) is 0.462. The predicted molar refractivity (Wildman–Crippen MR) is 82.9 cm³/mol. The summed E-state index contributed by atoms with van der Waals surface area (Å²) < 4.78 is 1.37. The largest absolute Gasteiger partial charge is 0.382 e. The van der Waals surface area contributed by atoms with Gasteiger partial charge in [-0.15, -0.1) is 11.3 Å². The third-order valence-electron chi connectivity index (χ3n) is 2.80. The average molecular weight is 313 g/mol. The van der Waals surface area contributed by atoms with E-state index in [0.717, 1.165) is 17.1 Å². The Morgan fingerprint density at radius 1 is 1.50 bits per heavy atom. The molecule has 0 amide bonds. The maximum absolute atomic E-state index is 12.0. The second-order valence-electron chi connectivity index (χ2n) is 4.75. The minimum absolute atomic E-state index is 0.00738.